The van der Waals surface area contributed by atoms with Gasteiger partial charge in [-0.2, -0.15) is 5.06 Å². The Morgan fingerprint density at radius 1 is 0.778 bits per heavy atom. The van der Waals surface area contributed by atoms with Gasteiger partial charge in [0.15, 0.2) is 6.23 Å². The lowest BCUT2D eigenvalue weighted by Crippen LogP contribution is -2.52. The van der Waals surface area contributed by atoms with Crippen LogP contribution >= 0.6 is 0 Å². The molecule has 0 saturated carbocycles. The van der Waals surface area contributed by atoms with Crippen molar-refractivity contribution in [1.29, 1.82) is 0 Å². The van der Waals surface area contributed by atoms with Crippen LogP contribution < -0.4 is 0 Å². The van der Waals surface area contributed by atoms with Crippen LogP contribution in [0.15, 0.2) is 91.0 Å². The van der Waals surface area contributed by atoms with Crippen LogP contribution in [0, 0.1) is 0 Å². The lowest BCUT2D eigenvalue weighted by Gasteiger charge is -2.44. The Morgan fingerprint density at radius 2 is 1.33 bits per heavy atom. The van der Waals surface area contributed by atoms with E-state index in [1.54, 1.807) is 0 Å². The van der Waals surface area contributed by atoms with Gasteiger partial charge in [-0.25, -0.2) is 0 Å². The molecule has 27 heavy (non-hydrogen) atoms. The molecule has 0 N–H and O–H groups in total. The van der Waals surface area contributed by atoms with Gasteiger partial charge in [-0.15, -0.1) is 0 Å². The number of likely N-dealkylation sites (N-methyl/N-ethyl adjacent to an activating group) is 1. The molecule has 0 spiro atoms. The van der Waals surface area contributed by atoms with Crippen LogP contribution in [0.5, 0.6) is 0 Å². The number of hydrogen-bond acceptors (Lipinski definition) is 3. The van der Waals surface area contributed by atoms with E-state index in [4.69, 9.17) is 4.84 Å². The van der Waals surface area contributed by atoms with E-state index < -0.39 is 0 Å². The van der Waals surface area contributed by atoms with Crippen LogP contribution in [-0.4, -0.2) is 29.6 Å². The average Bonchev–Trinajstić information content (AvgIpc) is 2.72. The summed E-state index contributed by atoms with van der Waals surface area (Å²) in [7, 11) is 2.06. The van der Waals surface area contributed by atoms with Gasteiger partial charge in [0.05, 0.1) is 6.04 Å². The molecule has 0 aromatic heterocycles. The summed E-state index contributed by atoms with van der Waals surface area (Å²) in [6.07, 6.45) is 0.910. The molecule has 1 aliphatic heterocycles. The summed E-state index contributed by atoms with van der Waals surface area (Å²) in [5.74, 6) is 0. The van der Waals surface area contributed by atoms with E-state index in [1.807, 2.05) is 5.06 Å². The van der Waals surface area contributed by atoms with Gasteiger partial charge >= 0.3 is 0 Å². The van der Waals surface area contributed by atoms with Gasteiger partial charge < -0.3 is 0 Å². The third-order valence-corrected chi connectivity index (χ3v) is 5.18. The van der Waals surface area contributed by atoms with Crippen LogP contribution in [0.25, 0.3) is 0 Å². The second-order valence-corrected chi connectivity index (χ2v) is 7.17. The van der Waals surface area contributed by atoms with Gasteiger partial charge in [0.1, 0.15) is 0 Å². The van der Waals surface area contributed by atoms with E-state index in [-0.39, 0.29) is 6.23 Å². The molecule has 2 atom stereocenters. The maximum Gasteiger partial charge on any atom is 0.158 e. The largest absolute Gasteiger partial charge is 0.275 e. The molecule has 3 nitrogen and oxygen atoms in total. The van der Waals surface area contributed by atoms with Crippen molar-refractivity contribution in [2.75, 3.05) is 13.6 Å². The normalized spacial score (nSPS) is 21.2. The Balaban J connectivity index is 1.57. The van der Waals surface area contributed by atoms with Gasteiger partial charge in [-0.3, -0.25) is 9.74 Å². The molecule has 3 aromatic rings. The van der Waals surface area contributed by atoms with E-state index in [2.05, 4.69) is 103 Å². The third-order valence-electron chi connectivity index (χ3n) is 5.18. The number of hydrogen-bond donors (Lipinski definition) is 0. The van der Waals surface area contributed by atoms with Crippen LogP contribution in [0.1, 0.15) is 22.9 Å². The molecule has 0 bridgehead atoms. The minimum absolute atomic E-state index is 0.0663. The molecule has 1 fully saturated rings. The summed E-state index contributed by atoms with van der Waals surface area (Å²) in [6.45, 7) is 1.83. The van der Waals surface area contributed by atoms with Gasteiger partial charge in [-0.1, -0.05) is 91.0 Å². The zero-order valence-electron chi connectivity index (χ0n) is 15.7. The summed E-state index contributed by atoms with van der Waals surface area (Å²) in [5, 5.41) is 2.05. The topological polar surface area (TPSA) is 15.7 Å². The zero-order chi connectivity index (χ0) is 18.5. The van der Waals surface area contributed by atoms with Crippen LogP contribution in [0.2, 0.25) is 0 Å². The van der Waals surface area contributed by atoms with E-state index in [9.17, 15) is 0 Å². The molecule has 1 saturated heterocycles. The first kappa shape index (κ1) is 17.9. The smallest absolute Gasteiger partial charge is 0.158 e. The molecular weight excluding hydrogens is 332 g/mol. The minimum Gasteiger partial charge on any atom is -0.275 e. The SMILES string of the molecule is CN1O[C@H](c2ccccc2)N(Cc2ccccc2)C[C@H]1Cc1ccccc1. The fourth-order valence-corrected chi connectivity index (χ4v) is 3.73. The summed E-state index contributed by atoms with van der Waals surface area (Å²) in [4.78, 5) is 8.84. The Bertz CT molecular complexity index is 823. The molecule has 0 radical (unpaired) electrons. The molecule has 138 valence electrons. The quantitative estimate of drug-likeness (QED) is 0.659. The standard InChI is InChI=1S/C24H26N2O/c1-25-23(17-20-11-5-2-6-12-20)19-26(18-21-13-7-3-8-14-21)24(27-25)22-15-9-4-10-16-22/h2-16,23-24H,17-19H2,1H3/t23-,24-/m1/s1. The predicted octanol–water partition coefficient (Wildman–Crippen LogP) is 4.68. The molecule has 3 heteroatoms. The van der Waals surface area contributed by atoms with Crippen LogP contribution in [-0.2, 0) is 17.8 Å². The number of nitrogens with zero attached hydrogens (tertiary/aromatic N) is 2. The van der Waals surface area contributed by atoms with Crippen molar-refractivity contribution < 1.29 is 4.84 Å². The fourth-order valence-electron chi connectivity index (χ4n) is 3.73. The van der Waals surface area contributed by atoms with Crippen molar-refractivity contribution in [3.8, 4) is 0 Å². The maximum atomic E-state index is 6.40. The highest BCUT2D eigenvalue weighted by molar-refractivity contribution is 5.20. The van der Waals surface area contributed by atoms with E-state index in [0.717, 1.165) is 19.5 Å². The molecular formula is C24H26N2O. The predicted molar refractivity (Wildman–Crippen MR) is 109 cm³/mol. The molecule has 0 unspecified atom stereocenters. The number of benzene rings is 3. The highest BCUT2D eigenvalue weighted by atomic mass is 16.7. The molecule has 0 aliphatic carbocycles. The maximum absolute atomic E-state index is 6.40. The van der Waals surface area contributed by atoms with E-state index in [1.165, 1.54) is 16.7 Å². The van der Waals surface area contributed by atoms with E-state index in [0.29, 0.717) is 6.04 Å². The van der Waals surface area contributed by atoms with Gasteiger partial charge in [0.25, 0.3) is 0 Å². The molecule has 0 amide bonds. The van der Waals surface area contributed by atoms with Crippen molar-refractivity contribution in [1.82, 2.24) is 9.96 Å². The summed E-state index contributed by atoms with van der Waals surface area (Å²) >= 11 is 0. The van der Waals surface area contributed by atoms with Crippen molar-refractivity contribution in [2.24, 2.45) is 0 Å². The van der Waals surface area contributed by atoms with Gasteiger partial charge in [-0.05, 0) is 23.1 Å². The fraction of sp³-hybridized carbons (Fsp3) is 0.250. The summed E-state index contributed by atoms with van der Waals surface area (Å²) in [5.41, 5.74) is 3.85. The van der Waals surface area contributed by atoms with Crippen molar-refractivity contribution in [3.63, 3.8) is 0 Å². The van der Waals surface area contributed by atoms with Gasteiger partial charge in [0.2, 0.25) is 0 Å². The number of rotatable bonds is 5. The summed E-state index contributed by atoms with van der Waals surface area (Å²) < 4.78 is 0. The monoisotopic (exact) mass is 358 g/mol. The average molecular weight is 358 g/mol. The first-order valence-electron chi connectivity index (χ1n) is 9.56. The Labute approximate surface area is 161 Å². The van der Waals surface area contributed by atoms with Gasteiger partial charge in [0, 0.05) is 20.1 Å². The lowest BCUT2D eigenvalue weighted by atomic mass is 10.0. The highest BCUT2D eigenvalue weighted by Crippen LogP contribution is 2.31. The Hall–Kier alpha value is -2.46. The van der Waals surface area contributed by atoms with E-state index >= 15 is 0 Å². The van der Waals surface area contributed by atoms with Crippen LogP contribution in [0.4, 0.5) is 0 Å². The second kappa shape index (κ2) is 8.49. The van der Waals surface area contributed by atoms with Crippen molar-refractivity contribution >= 4 is 0 Å². The summed E-state index contributed by atoms with van der Waals surface area (Å²) in [6, 6.07) is 32.1. The molecule has 1 heterocycles. The first-order valence-corrected chi connectivity index (χ1v) is 9.56. The zero-order valence-corrected chi connectivity index (χ0v) is 15.7. The first-order chi connectivity index (χ1) is 13.3. The van der Waals surface area contributed by atoms with Crippen molar-refractivity contribution in [3.05, 3.63) is 108 Å². The molecule has 4 rings (SSSR count). The molecule has 3 aromatic carbocycles. The molecule has 1 aliphatic rings. The number of hydroxylamine groups is 2. The lowest BCUT2D eigenvalue weighted by molar-refractivity contribution is -0.290. The van der Waals surface area contributed by atoms with Crippen molar-refractivity contribution in [2.45, 2.75) is 25.2 Å². The minimum atomic E-state index is -0.0663. The van der Waals surface area contributed by atoms with Crippen LogP contribution in [0.3, 0.4) is 0 Å². The Morgan fingerprint density at radius 3 is 1.96 bits per heavy atom. The highest BCUT2D eigenvalue weighted by Gasteiger charge is 2.34. The third kappa shape index (κ3) is 4.45. The second-order valence-electron chi connectivity index (χ2n) is 7.17. The Kier molecular flexibility index (Phi) is 5.64.